The van der Waals surface area contributed by atoms with E-state index in [1.54, 1.807) is 6.20 Å². The van der Waals surface area contributed by atoms with E-state index >= 15 is 0 Å². The average molecular weight is 227 g/mol. The van der Waals surface area contributed by atoms with Crippen molar-refractivity contribution >= 4 is 21.6 Å². The van der Waals surface area contributed by atoms with E-state index in [1.807, 2.05) is 6.20 Å². The number of aromatic nitrogens is 1. The van der Waals surface area contributed by atoms with E-state index in [-0.39, 0.29) is 0 Å². The molecule has 0 amide bonds. The summed E-state index contributed by atoms with van der Waals surface area (Å²) in [5.41, 5.74) is 1.12. The number of anilines is 1. The van der Waals surface area contributed by atoms with Crippen LogP contribution in [0.1, 0.15) is 19.3 Å². The Morgan fingerprint density at radius 2 is 2.25 bits per heavy atom. The maximum absolute atomic E-state index is 4.09. The van der Waals surface area contributed by atoms with Crippen LogP contribution < -0.4 is 5.32 Å². The van der Waals surface area contributed by atoms with Crippen LogP contribution in [0.2, 0.25) is 0 Å². The lowest BCUT2D eigenvalue weighted by Gasteiger charge is -2.27. The number of hydrogen-bond donors (Lipinski definition) is 1. The molecule has 3 heteroatoms. The summed E-state index contributed by atoms with van der Waals surface area (Å²) in [6.07, 6.45) is 7.62. The summed E-state index contributed by atoms with van der Waals surface area (Å²) in [5, 5.41) is 3.43. The van der Waals surface area contributed by atoms with Crippen LogP contribution in [0.3, 0.4) is 0 Å². The molecule has 0 spiro atoms. The zero-order valence-corrected chi connectivity index (χ0v) is 8.34. The zero-order valence-electron chi connectivity index (χ0n) is 6.76. The van der Waals surface area contributed by atoms with Gasteiger partial charge in [0.2, 0.25) is 0 Å². The van der Waals surface area contributed by atoms with Gasteiger partial charge in [-0.2, -0.15) is 0 Å². The minimum atomic E-state index is 0.682. The van der Waals surface area contributed by atoms with Crippen molar-refractivity contribution in [1.29, 1.82) is 0 Å². The third kappa shape index (κ3) is 1.78. The number of rotatable bonds is 2. The van der Waals surface area contributed by atoms with Crippen molar-refractivity contribution in [2.45, 2.75) is 25.3 Å². The van der Waals surface area contributed by atoms with Crippen LogP contribution in [0.15, 0.2) is 22.9 Å². The highest BCUT2D eigenvalue weighted by atomic mass is 79.9. The summed E-state index contributed by atoms with van der Waals surface area (Å²) in [4.78, 5) is 4.09. The van der Waals surface area contributed by atoms with Crippen molar-refractivity contribution in [3.63, 3.8) is 0 Å². The lowest BCUT2D eigenvalue weighted by Crippen LogP contribution is -2.26. The van der Waals surface area contributed by atoms with Crippen LogP contribution in [-0.4, -0.2) is 11.0 Å². The van der Waals surface area contributed by atoms with Gasteiger partial charge in [0.25, 0.3) is 0 Å². The van der Waals surface area contributed by atoms with Gasteiger partial charge in [0.05, 0.1) is 11.9 Å². The minimum Gasteiger partial charge on any atom is -0.381 e. The van der Waals surface area contributed by atoms with Gasteiger partial charge in [-0.1, -0.05) is 0 Å². The van der Waals surface area contributed by atoms with Gasteiger partial charge in [-0.05, 0) is 41.3 Å². The Balaban J connectivity index is 2.02. The van der Waals surface area contributed by atoms with E-state index in [1.165, 1.54) is 19.3 Å². The molecule has 0 aliphatic heterocycles. The Morgan fingerprint density at radius 3 is 2.83 bits per heavy atom. The van der Waals surface area contributed by atoms with E-state index in [0.29, 0.717) is 6.04 Å². The van der Waals surface area contributed by atoms with Crippen LogP contribution >= 0.6 is 15.9 Å². The summed E-state index contributed by atoms with van der Waals surface area (Å²) in [6.45, 7) is 0. The van der Waals surface area contributed by atoms with Crippen LogP contribution in [-0.2, 0) is 0 Å². The van der Waals surface area contributed by atoms with Gasteiger partial charge in [-0.3, -0.25) is 4.98 Å². The standard InChI is InChI=1S/C9H11BrN2/c10-7-4-9(6-11-5-7)12-8-2-1-3-8/h4-6,8,12H,1-3H2. The van der Waals surface area contributed by atoms with E-state index < -0.39 is 0 Å². The van der Waals surface area contributed by atoms with Gasteiger partial charge in [0.1, 0.15) is 0 Å². The van der Waals surface area contributed by atoms with Crippen LogP contribution in [0.4, 0.5) is 5.69 Å². The van der Waals surface area contributed by atoms with E-state index in [4.69, 9.17) is 0 Å². The molecule has 0 aromatic carbocycles. The van der Waals surface area contributed by atoms with Gasteiger partial charge >= 0.3 is 0 Å². The summed E-state index contributed by atoms with van der Waals surface area (Å²) in [6, 6.07) is 2.74. The first-order valence-corrected chi connectivity index (χ1v) is 5.01. The van der Waals surface area contributed by atoms with Crippen molar-refractivity contribution in [1.82, 2.24) is 4.98 Å². The fourth-order valence-corrected chi connectivity index (χ4v) is 1.64. The molecule has 12 heavy (non-hydrogen) atoms. The van der Waals surface area contributed by atoms with Crippen molar-refractivity contribution < 1.29 is 0 Å². The van der Waals surface area contributed by atoms with Crippen molar-refractivity contribution in [2.24, 2.45) is 0 Å². The predicted molar refractivity (Wildman–Crippen MR) is 53.2 cm³/mol. The summed E-state index contributed by atoms with van der Waals surface area (Å²) in [7, 11) is 0. The number of nitrogens with one attached hydrogen (secondary N) is 1. The SMILES string of the molecule is Brc1cncc(NC2CCC2)c1. The third-order valence-electron chi connectivity index (χ3n) is 2.18. The highest BCUT2D eigenvalue weighted by Gasteiger charge is 2.16. The Hall–Kier alpha value is -0.570. The van der Waals surface area contributed by atoms with E-state index in [0.717, 1.165) is 10.2 Å². The maximum atomic E-state index is 4.09. The first kappa shape index (κ1) is 8.05. The number of nitrogens with zero attached hydrogens (tertiary/aromatic N) is 1. The fourth-order valence-electron chi connectivity index (χ4n) is 1.28. The molecule has 1 aliphatic rings. The molecule has 0 bridgehead atoms. The Kier molecular flexibility index (Phi) is 2.30. The van der Waals surface area contributed by atoms with Crippen LogP contribution in [0.25, 0.3) is 0 Å². The van der Waals surface area contributed by atoms with Crippen molar-refractivity contribution in [3.8, 4) is 0 Å². The Morgan fingerprint density at radius 1 is 1.42 bits per heavy atom. The van der Waals surface area contributed by atoms with E-state index in [9.17, 15) is 0 Å². The minimum absolute atomic E-state index is 0.682. The number of pyridine rings is 1. The quantitative estimate of drug-likeness (QED) is 0.840. The molecular formula is C9H11BrN2. The molecule has 1 heterocycles. The van der Waals surface area contributed by atoms with Gasteiger partial charge < -0.3 is 5.32 Å². The highest BCUT2D eigenvalue weighted by Crippen LogP contribution is 2.23. The monoisotopic (exact) mass is 226 g/mol. The topological polar surface area (TPSA) is 24.9 Å². The summed E-state index contributed by atoms with van der Waals surface area (Å²) < 4.78 is 1.03. The van der Waals surface area contributed by atoms with Gasteiger partial charge in [0, 0.05) is 16.7 Å². The lowest BCUT2D eigenvalue weighted by molar-refractivity contribution is 0.445. The molecule has 1 aromatic heterocycles. The molecule has 1 N–H and O–H groups in total. The predicted octanol–water partition coefficient (Wildman–Crippen LogP) is 2.81. The Bertz CT molecular complexity index is 271. The second-order valence-corrected chi connectivity index (χ2v) is 4.08. The molecule has 1 fully saturated rings. The van der Waals surface area contributed by atoms with Gasteiger partial charge in [-0.25, -0.2) is 0 Å². The molecule has 2 rings (SSSR count). The summed E-state index contributed by atoms with van der Waals surface area (Å²) in [5.74, 6) is 0. The lowest BCUT2D eigenvalue weighted by atomic mass is 9.93. The fraction of sp³-hybridized carbons (Fsp3) is 0.444. The summed E-state index contributed by atoms with van der Waals surface area (Å²) >= 11 is 3.39. The first-order chi connectivity index (χ1) is 5.84. The number of halogens is 1. The first-order valence-electron chi connectivity index (χ1n) is 4.22. The van der Waals surface area contributed by atoms with Gasteiger partial charge in [-0.15, -0.1) is 0 Å². The molecule has 1 aliphatic carbocycles. The van der Waals surface area contributed by atoms with Crippen LogP contribution in [0.5, 0.6) is 0 Å². The maximum Gasteiger partial charge on any atom is 0.0540 e. The van der Waals surface area contributed by atoms with Crippen LogP contribution in [0, 0.1) is 0 Å². The van der Waals surface area contributed by atoms with Crippen molar-refractivity contribution in [2.75, 3.05) is 5.32 Å². The Labute approximate surface area is 80.5 Å². The molecular weight excluding hydrogens is 216 g/mol. The molecule has 0 radical (unpaired) electrons. The normalized spacial score (nSPS) is 17.1. The molecule has 0 atom stereocenters. The second-order valence-electron chi connectivity index (χ2n) is 3.16. The number of hydrogen-bond acceptors (Lipinski definition) is 2. The van der Waals surface area contributed by atoms with Crippen molar-refractivity contribution in [3.05, 3.63) is 22.9 Å². The smallest absolute Gasteiger partial charge is 0.0540 e. The third-order valence-corrected chi connectivity index (χ3v) is 2.61. The molecule has 0 unspecified atom stereocenters. The molecule has 2 nitrogen and oxygen atoms in total. The van der Waals surface area contributed by atoms with Gasteiger partial charge in [0.15, 0.2) is 0 Å². The molecule has 1 aromatic rings. The highest BCUT2D eigenvalue weighted by molar-refractivity contribution is 9.10. The van der Waals surface area contributed by atoms with E-state index in [2.05, 4.69) is 32.3 Å². The molecule has 64 valence electrons. The average Bonchev–Trinajstić information content (AvgIpc) is 1.97. The largest absolute Gasteiger partial charge is 0.381 e. The zero-order chi connectivity index (χ0) is 8.39. The second kappa shape index (κ2) is 3.44. The molecule has 0 saturated heterocycles. The molecule has 1 saturated carbocycles.